The lowest BCUT2D eigenvalue weighted by Crippen LogP contribution is -2.42. The van der Waals surface area contributed by atoms with Gasteiger partial charge in [-0.2, -0.15) is 0 Å². The molecule has 6 heteroatoms. The molecule has 1 fully saturated rings. The van der Waals surface area contributed by atoms with Crippen molar-refractivity contribution < 1.29 is 14.6 Å². The van der Waals surface area contributed by atoms with Crippen molar-refractivity contribution in [2.24, 2.45) is 0 Å². The lowest BCUT2D eigenvalue weighted by Gasteiger charge is -2.31. The van der Waals surface area contributed by atoms with Crippen molar-refractivity contribution in [3.63, 3.8) is 0 Å². The molecule has 2 unspecified atom stereocenters. The zero-order valence-electron chi connectivity index (χ0n) is 19.0. The number of amides is 1. The van der Waals surface area contributed by atoms with E-state index in [9.17, 15) is 9.90 Å². The molecule has 2 atom stereocenters. The molecule has 0 spiro atoms. The number of likely N-dealkylation sites (tertiary alicyclic amines) is 1. The molecule has 2 heterocycles. The second kappa shape index (κ2) is 10.9. The predicted octanol–water partition coefficient (Wildman–Crippen LogP) is 2.41. The zero-order valence-corrected chi connectivity index (χ0v) is 19.0. The summed E-state index contributed by atoms with van der Waals surface area (Å²) in [6.45, 7) is 4.66. The monoisotopic (exact) mass is 437 g/mol. The van der Waals surface area contributed by atoms with Gasteiger partial charge in [-0.1, -0.05) is 42.5 Å². The van der Waals surface area contributed by atoms with Gasteiger partial charge in [-0.3, -0.25) is 9.69 Å². The highest BCUT2D eigenvalue weighted by atomic mass is 16.5. The number of aliphatic hydroxyl groups excluding tert-OH is 1. The van der Waals surface area contributed by atoms with E-state index in [1.54, 1.807) is 0 Å². The van der Waals surface area contributed by atoms with Crippen molar-refractivity contribution in [1.82, 2.24) is 15.1 Å². The van der Waals surface area contributed by atoms with Crippen LogP contribution < -0.4 is 10.1 Å². The third-order valence-corrected chi connectivity index (χ3v) is 6.56. The molecule has 2 aliphatic rings. The van der Waals surface area contributed by atoms with Crippen molar-refractivity contribution >= 4 is 5.91 Å². The fraction of sp³-hybridized carbons (Fsp3) is 0.500. The number of para-hydroxylation sites is 1. The van der Waals surface area contributed by atoms with Crippen molar-refractivity contribution in [2.45, 2.75) is 37.8 Å². The van der Waals surface area contributed by atoms with E-state index in [1.807, 2.05) is 18.2 Å². The van der Waals surface area contributed by atoms with Crippen molar-refractivity contribution in [3.8, 4) is 5.75 Å². The number of fused-ring (bicyclic) bond motifs is 1. The van der Waals surface area contributed by atoms with Crippen LogP contribution in [-0.4, -0.2) is 73.3 Å². The molecule has 6 nitrogen and oxygen atoms in total. The normalized spacial score (nSPS) is 20.4. The quantitative estimate of drug-likeness (QED) is 0.664. The second-order valence-electron chi connectivity index (χ2n) is 9.14. The van der Waals surface area contributed by atoms with Gasteiger partial charge in [-0.25, -0.2) is 0 Å². The van der Waals surface area contributed by atoms with E-state index in [1.165, 1.54) is 23.1 Å². The first-order valence-electron chi connectivity index (χ1n) is 11.7. The molecule has 0 aromatic heterocycles. The number of piperidine rings is 1. The Bertz CT molecular complexity index is 903. The third-order valence-electron chi connectivity index (χ3n) is 6.56. The van der Waals surface area contributed by atoms with E-state index in [2.05, 4.69) is 52.5 Å². The molecule has 172 valence electrons. The van der Waals surface area contributed by atoms with Gasteiger partial charge >= 0.3 is 0 Å². The minimum Gasteiger partial charge on any atom is -0.483 e. The molecule has 2 N–H and O–H groups in total. The van der Waals surface area contributed by atoms with Gasteiger partial charge in [0.25, 0.3) is 5.91 Å². The Labute approximate surface area is 191 Å². The van der Waals surface area contributed by atoms with Crippen LogP contribution in [-0.2, 0) is 17.8 Å². The van der Waals surface area contributed by atoms with Crippen LogP contribution in [0, 0.1) is 0 Å². The van der Waals surface area contributed by atoms with E-state index in [-0.39, 0.29) is 19.1 Å². The van der Waals surface area contributed by atoms with Gasteiger partial charge in [0.2, 0.25) is 0 Å². The highest BCUT2D eigenvalue weighted by Crippen LogP contribution is 2.32. The Morgan fingerprint density at radius 1 is 1.16 bits per heavy atom. The number of carbonyl (C=O) groups is 1. The van der Waals surface area contributed by atoms with Crippen molar-refractivity contribution in [2.75, 3.05) is 46.4 Å². The summed E-state index contributed by atoms with van der Waals surface area (Å²) < 4.78 is 5.89. The number of nitrogens with zero attached hydrogens (tertiary/aromatic N) is 2. The number of hydrogen-bond donors (Lipinski definition) is 2. The van der Waals surface area contributed by atoms with Crippen LogP contribution in [0.4, 0.5) is 0 Å². The van der Waals surface area contributed by atoms with Crippen LogP contribution in [0.25, 0.3) is 0 Å². The summed E-state index contributed by atoms with van der Waals surface area (Å²) >= 11 is 0. The van der Waals surface area contributed by atoms with Gasteiger partial charge in [0.05, 0.1) is 6.10 Å². The predicted molar refractivity (Wildman–Crippen MR) is 126 cm³/mol. The molecule has 4 rings (SSSR count). The van der Waals surface area contributed by atoms with E-state index in [4.69, 9.17) is 4.74 Å². The molecule has 2 aromatic rings. The lowest BCUT2D eigenvalue weighted by atomic mass is 9.90. The minimum absolute atomic E-state index is 0.0383. The molecular weight excluding hydrogens is 402 g/mol. The van der Waals surface area contributed by atoms with Crippen molar-refractivity contribution in [3.05, 3.63) is 65.2 Å². The molecule has 0 saturated carbocycles. The fourth-order valence-electron chi connectivity index (χ4n) is 4.87. The Kier molecular flexibility index (Phi) is 7.79. The maximum absolute atomic E-state index is 12.3. The molecule has 2 aliphatic heterocycles. The van der Waals surface area contributed by atoms with Crippen molar-refractivity contribution in [1.29, 1.82) is 0 Å². The fourth-order valence-corrected chi connectivity index (χ4v) is 4.87. The van der Waals surface area contributed by atoms with E-state index < -0.39 is 6.10 Å². The Balaban J connectivity index is 1.21. The standard InChI is InChI=1S/C26H35N3O3/c1-28-13-6-9-22(16-28)24-10-4-5-11-25(24)32-19-26(31)27-15-23(30)18-29-14-12-20-7-2-3-8-21(20)17-29/h2-5,7-8,10-11,22-23,30H,6,9,12-19H2,1H3,(H,27,31). The SMILES string of the molecule is CN1CCCC(c2ccccc2OCC(=O)NCC(O)CN2CCc3ccccc3C2)C1. The topological polar surface area (TPSA) is 65.0 Å². The largest absolute Gasteiger partial charge is 0.483 e. The second-order valence-corrected chi connectivity index (χ2v) is 9.14. The Morgan fingerprint density at radius 2 is 1.94 bits per heavy atom. The number of nitrogens with one attached hydrogen (secondary N) is 1. The van der Waals surface area contributed by atoms with Crippen LogP contribution in [0.2, 0.25) is 0 Å². The van der Waals surface area contributed by atoms with Crippen LogP contribution >= 0.6 is 0 Å². The van der Waals surface area contributed by atoms with Crippen LogP contribution in [0.3, 0.4) is 0 Å². The van der Waals surface area contributed by atoms with E-state index in [0.717, 1.165) is 44.8 Å². The molecule has 0 aliphatic carbocycles. The third kappa shape index (κ3) is 6.09. The number of aliphatic hydroxyl groups is 1. The number of likely N-dealkylation sites (N-methyl/N-ethyl adjacent to an activating group) is 1. The van der Waals surface area contributed by atoms with Gasteiger partial charge in [-0.05, 0) is 55.6 Å². The Hall–Kier alpha value is -2.41. The molecule has 2 aromatic carbocycles. The number of carbonyl (C=O) groups excluding carboxylic acids is 1. The summed E-state index contributed by atoms with van der Waals surface area (Å²) in [5, 5.41) is 13.2. The van der Waals surface area contributed by atoms with Gasteiger partial charge in [-0.15, -0.1) is 0 Å². The molecule has 1 amide bonds. The van der Waals surface area contributed by atoms with Crippen LogP contribution in [0.15, 0.2) is 48.5 Å². The first-order valence-corrected chi connectivity index (χ1v) is 11.7. The zero-order chi connectivity index (χ0) is 22.3. The van der Waals surface area contributed by atoms with Crippen LogP contribution in [0.5, 0.6) is 5.75 Å². The maximum atomic E-state index is 12.3. The summed E-state index contributed by atoms with van der Waals surface area (Å²) in [4.78, 5) is 16.9. The molecule has 1 saturated heterocycles. The van der Waals surface area contributed by atoms with Crippen LogP contribution in [0.1, 0.15) is 35.4 Å². The smallest absolute Gasteiger partial charge is 0.258 e. The summed E-state index contributed by atoms with van der Waals surface area (Å²) in [5.41, 5.74) is 3.90. The maximum Gasteiger partial charge on any atom is 0.258 e. The number of β-amino-alcohol motifs (C(OH)–C–C–N with tert-alkyl or cyclic N) is 1. The summed E-state index contributed by atoms with van der Waals surface area (Å²) in [5.74, 6) is 1.02. The first-order chi connectivity index (χ1) is 15.6. The average molecular weight is 438 g/mol. The number of benzene rings is 2. The summed E-state index contributed by atoms with van der Waals surface area (Å²) in [6, 6.07) is 16.5. The summed E-state index contributed by atoms with van der Waals surface area (Å²) in [7, 11) is 2.15. The van der Waals surface area contributed by atoms with Gasteiger partial charge < -0.3 is 20.1 Å². The molecule has 0 bridgehead atoms. The summed E-state index contributed by atoms with van der Waals surface area (Å²) in [6.07, 6.45) is 2.72. The number of hydrogen-bond acceptors (Lipinski definition) is 5. The molecular formula is C26H35N3O3. The highest BCUT2D eigenvalue weighted by molar-refractivity contribution is 5.77. The lowest BCUT2D eigenvalue weighted by molar-refractivity contribution is -0.123. The molecule has 0 radical (unpaired) electrons. The highest BCUT2D eigenvalue weighted by Gasteiger charge is 2.22. The van der Waals surface area contributed by atoms with E-state index >= 15 is 0 Å². The van der Waals surface area contributed by atoms with E-state index in [0.29, 0.717) is 12.5 Å². The number of rotatable bonds is 8. The average Bonchev–Trinajstić information content (AvgIpc) is 2.81. The Morgan fingerprint density at radius 3 is 2.78 bits per heavy atom. The first kappa shape index (κ1) is 22.8. The van der Waals surface area contributed by atoms with Gasteiger partial charge in [0.15, 0.2) is 6.61 Å². The van der Waals surface area contributed by atoms with Gasteiger partial charge in [0.1, 0.15) is 5.75 Å². The molecule has 32 heavy (non-hydrogen) atoms. The number of ether oxygens (including phenoxy) is 1. The van der Waals surface area contributed by atoms with Gasteiger partial charge in [0, 0.05) is 38.6 Å². The minimum atomic E-state index is -0.603.